The summed E-state index contributed by atoms with van der Waals surface area (Å²) in [6.45, 7) is 13.0. The molecule has 0 spiro atoms. The van der Waals surface area contributed by atoms with Crippen molar-refractivity contribution in [3.05, 3.63) is 0 Å². The lowest BCUT2D eigenvalue weighted by Gasteiger charge is -2.35. The number of ether oxygens (including phenoxy) is 1. The predicted molar refractivity (Wildman–Crippen MR) is 91.3 cm³/mol. The molecule has 23 heavy (non-hydrogen) atoms. The van der Waals surface area contributed by atoms with Gasteiger partial charge in [-0.15, -0.1) is 0 Å². The smallest absolute Gasteiger partial charge is 0.407 e. The minimum Gasteiger partial charge on any atom is -0.444 e. The summed E-state index contributed by atoms with van der Waals surface area (Å²) < 4.78 is 5.12. The molecule has 1 aliphatic rings. The van der Waals surface area contributed by atoms with Crippen molar-refractivity contribution in [2.45, 2.75) is 65.5 Å². The molecular formula is C17H33N3O3. The molecule has 0 unspecified atom stereocenters. The molecule has 0 aromatic rings. The summed E-state index contributed by atoms with van der Waals surface area (Å²) in [4.78, 5) is 25.7. The highest BCUT2D eigenvalue weighted by Crippen LogP contribution is 2.17. The van der Waals surface area contributed by atoms with Crippen LogP contribution in [0.2, 0.25) is 0 Å². The number of likely N-dealkylation sites (tertiary alicyclic amines) is 1. The molecule has 0 aliphatic carbocycles. The van der Waals surface area contributed by atoms with Crippen LogP contribution in [0.3, 0.4) is 0 Å². The minimum atomic E-state index is -0.520. The summed E-state index contributed by atoms with van der Waals surface area (Å²) >= 11 is 0. The number of carbonyl (C=O) groups is 2. The summed E-state index contributed by atoms with van der Waals surface area (Å²) in [6.07, 6.45) is 2.31. The van der Waals surface area contributed by atoms with Crippen molar-refractivity contribution >= 4 is 12.0 Å². The second-order valence-electron chi connectivity index (χ2n) is 7.57. The number of amides is 2. The monoisotopic (exact) mass is 327 g/mol. The normalized spacial score (nSPS) is 20.7. The van der Waals surface area contributed by atoms with Gasteiger partial charge < -0.3 is 15.4 Å². The van der Waals surface area contributed by atoms with Crippen molar-refractivity contribution in [1.82, 2.24) is 15.5 Å². The Morgan fingerprint density at radius 2 is 2.00 bits per heavy atom. The lowest BCUT2D eigenvalue weighted by atomic mass is 9.99. The molecule has 1 aliphatic heterocycles. The Kier molecular flexibility index (Phi) is 7.82. The first-order valence-corrected chi connectivity index (χ1v) is 8.65. The summed E-state index contributed by atoms with van der Waals surface area (Å²) in [5.41, 5.74) is -0.520. The van der Waals surface area contributed by atoms with Crippen molar-refractivity contribution in [3.8, 4) is 0 Å². The summed E-state index contributed by atoms with van der Waals surface area (Å²) in [5, 5.41) is 5.54. The Morgan fingerprint density at radius 1 is 1.30 bits per heavy atom. The van der Waals surface area contributed by atoms with E-state index in [-0.39, 0.29) is 18.9 Å². The van der Waals surface area contributed by atoms with Gasteiger partial charge in [0.25, 0.3) is 0 Å². The van der Waals surface area contributed by atoms with Crippen LogP contribution in [-0.2, 0) is 9.53 Å². The van der Waals surface area contributed by atoms with Gasteiger partial charge in [-0.1, -0.05) is 6.92 Å². The van der Waals surface area contributed by atoms with E-state index in [4.69, 9.17) is 4.74 Å². The molecule has 0 aromatic heterocycles. The zero-order valence-electron chi connectivity index (χ0n) is 15.3. The highest BCUT2D eigenvalue weighted by Gasteiger charge is 2.21. The molecule has 1 saturated heterocycles. The Bertz CT molecular complexity index is 393. The Hall–Kier alpha value is -1.30. The number of hydrogen-bond donors (Lipinski definition) is 2. The summed E-state index contributed by atoms with van der Waals surface area (Å²) in [7, 11) is 0. The van der Waals surface area contributed by atoms with Crippen molar-refractivity contribution in [1.29, 1.82) is 0 Å². The molecule has 2 N–H and O–H groups in total. The van der Waals surface area contributed by atoms with Gasteiger partial charge in [0.2, 0.25) is 5.91 Å². The van der Waals surface area contributed by atoms with E-state index in [0.29, 0.717) is 12.6 Å². The molecular weight excluding hydrogens is 294 g/mol. The molecule has 0 aromatic carbocycles. The fraction of sp³-hybridized carbons (Fsp3) is 0.882. The minimum absolute atomic E-state index is 0.0435. The van der Waals surface area contributed by atoms with Crippen LogP contribution in [0.5, 0.6) is 0 Å². The van der Waals surface area contributed by atoms with Gasteiger partial charge in [0, 0.05) is 32.1 Å². The third-order valence-electron chi connectivity index (χ3n) is 3.93. The van der Waals surface area contributed by atoms with Gasteiger partial charge in [0.05, 0.1) is 0 Å². The molecule has 1 fully saturated rings. The van der Waals surface area contributed by atoms with Crippen LogP contribution in [0.4, 0.5) is 4.79 Å². The van der Waals surface area contributed by atoms with E-state index >= 15 is 0 Å². The van der Waals surface area contributed by atoms with Crippen molar-refractivity contribution < 1.29 is 14.3 Å². The zero-order chi connectivity index (χ0) is 17.5. The molecule has 1 rings (SSSR count). The van der Waals surface area contributed by atoms with Crippen molar-refractivity contribution in [2.75, 3.05) is 26.2 Å². The van der Waals surface area contributed by atoms with Gasteiger partial charge in [0.15, 0.2) is 0 Å². The third kappa shape index (κ3) is 8.79. The van der Waals surface area contributed by atoms with Gasteiger partial charge in [0.1, 0.15) is 5.60 Å². The van der Waals surface area contributed by atoms with Gasteiger partial charge in [-0.2, -0.15) is 0 Å². The third-order valence-corrected chi connectivity index (χ3v) is 3.93. The van der Waals surface area contributed by atoms with Gasteiger partial charge >= 0.3 is 6.09 Å². The van der Waals surface area contributed by atoms with E-state index in [2.05, 4.69) is 29.4 Å². The lowest BCUT2D eigenvalue weighted by molar-refractivity contribution is -0.121. The number of nitrogens with one attached hydrogen (secondary N) is 2. The van der Waals surface area contributed by atoms with Gasteiger partial charge in [-0.25, -0.2) is 4.79 Å². The molecule has 134 valence electrons. The maximum Gasteiger partial charge on any atom is 0.407 e. The lowest BCUT2D eigenvalue weighted by Crippen LogP contribution is -2.46. The van der Waals surface area contributed by atoms with Crippen LogP contribution in [0.15, 0.2) is 0 Å². The first kappa shape index (κ1) is 19.7. The zero-order valence-corrected chi connectivity index (χ0v) is 15.3. The molecule has 2 amide bonds. The fourth-order valence-corrected chi connectivity index (χ4v) is 2.70. The molecule has 6 nitrogen and oxygen atoms in total. The highest BCUT2D eigenvalue weighted by molar-refractivity contribution is 5.77. The standard InChI is InChI=1S/C17H33N3O3/c1-13-7-6-10-20(12-13)14(2)11-19-15(21)8-9-18-16(22)23-17(3,4)5/h13-14H,6-12H2,1-5H3,(H,18,22)(H,19,21)/t13-,14+/m1/s1. The number of piperidine rings is 1. The first-order chi connectivity index (χ1) is 10.7. The maximum atomic E-state index is 11.8. The van der Waals surface area contributed by atoms with Crippen molar-refractivity contribution in [2.24, 2.45) is 5.92 Å². The predicted octanol–water partition coefficient (Wildman–Crippen LogP) is 2.14. The topological polar surface area (TPSA) is 70.7 Å². The summed E-state index contributed by atoms with van der Waals surface area (Å²) in [6, 6.07) is 0.348. The molecule has 0 radical (unpaired) electrons. The number of alkyl carbamates (subject to hydrolysis) is 1. The quantitative estimate of drug-likeness (QED) is 0.784. The fourth-order valence-electron chi connectivity index (χ4n) is 2.70. The average molecular weight is 327 g/mol. The van der Waals surface area contributed by atoms with Crippen LogP contribution in [0.1, 0.15) is 53.9 Å². The molecule has 6 heteroatoms. The van der Waals surface area contributed by atoms with Crippen LogP contribution in [0.25, 0.3) is 0 Å². The average Bonchev–Trinajstić information content (AvgIpc) is 2.42. The number of nitrogens with zero attached hydrogens (tertiary/aromatic N) is 1. The van der Waals surface area contributed by atoms with Gasteiger partial charge in [-0.05, 0) is 53.0 Å². The van der Waals surface area contributed by atoms with Crippen LogP contribution < -0.4 is 10.6 Å². The maximum absolute atomic E-state index is 11.8. The van der Waals surface area contributed by atoms with Crippen LogP contribution in [0, 0.1) is 5.92 Å². The first-order valence-electron chi connectivity index (χ1n) is 8.65. The molecule has 0 saturated carbocycles. The van der Waals surface area contributed by atoms with E-state index in [0.717, 1.165) is 19.0 Å². The van der Waals surface area contributed by atoms with E-state index in [1.807, 2.05) is 20.8 Å². The molecule has 1 heterocycles. The number of carbonyl (C=O) groups excluding carboxylic acids is 2. The highest BCUT2D eigenvalue weighted by atomic mass is 16.6. The van der Waals surface area contributed by atoms with E-state index < -0.39 is 11.7 Å². The molecule has 0 bridgehead atoms. The van der Waals surface area contributed by atoms with E-state index in [1.54, 1.807) is 0 Å². The van der Waals surface area contributed by atoms with Gasteiger partial charge in [-0.3, -0.25) is 9.69 Å². The number of rotatable bonds is 6. The van der Waals surface area contributed by atoms with E-state index in [9.17, 15) is 9.59 Å². The second-order valence-corrected chi connectivity index (χ2v) is 7.57. The number of hydrogen-bond acceptors (Lipinski definition) is 4. The van der Waals surface area contributed by atoms with Crippen LogP contribution >= 0.6 is 0 Å². The SMILES string of the molecule is C[C@@H]1CCCN([C@@H](C)CNC(=O)CCNC(=O)OC(C)(C)C)C1. The summed E-state index contributed by atoms with van der Waals surface area (Å²) in [5.74, 6) is 0.692. The Balaban J connectivity index is 2.15. The van der Waals surface area contributed by atoms with Crippen molar-refractivity contribution in [3.63, 3.8) is 0 Å². The largest absolute Gasteiger partial charge is 0.444 e. The van der Waals surface area contributed by atoms with Crippen LogP contribution in [-0.4, -0.2) is 54.7 Å². The second kappa shape index (κ2) is 9.11. The Labute approximate surface area is 140 Å². The van der Waals surface area contributed by atoms with E-state index in [1.165, 1.54) is 12.8 Å². The Morgan fingerprint density at radius 3 is 2.61 bits per heavy atom. The molecule has 2 atom stereocenters.